The number of pyridine rings is 6. The van der Waals surface area contributed by atoms with Crippen LogP contribution in [0.3, 0.4) is 0 Å². The Morgan fingerprint density at radius 3 is 0.992 bits per heavy atom. The van der Waals surface area contributed by atoms with Gasteiger partial charge in [-0.25, -0.2) is 0 Å². The molecule has 0 fully saturated rings. The van der Waals surface area contributed by atoms with Gasteiger partial charge in [-0.1, -0.05) is 256 Å². The Morgan fingerprint density at radius 1 is 0.250 bits per heavy atom. The molecule has 0 aliphatic carbocycles. The molecule has 0 saturated heterocycles. The van der Waals surface area contributed by atoms with Gasteiger partial charge in [0.1, 0.15) is 0 Å². The summed E-state index contributed by atoms with van der Waals surface area (Å²) in [6.07, 6.45) is 11.5. The normalized spacial score (nSPS) is 10.8. The Labute approximate surface area is 818 Å². The third-order valence-electron chi connectivity index (χ3n) is 22.9. The molecule has 0 unspecified atom stereocenters. The van der Waals surface area contributed by atoms with Gasteiger partial charge in [0, 0.05) is 150 Å². The van der Waals surface area contributed by atoms with E-state index >= 15 is 0 Å². The Hall–Kier alpha value is -13.1. The Kier molecular flexibility index (Phi) is 33.3. The van der Waals surface area contributed by atoms with E-state index in [4.69, 9.17) is 0 Å². The van der Waals surface area contributed by atoms with Crippen molar-refractivity contribution >= 4 is 65.4 Å². The van der Waals surface area contributed by atoms with Crippen LogP contribution in [0.25, 0.3) is 166 Å². The number of hydrogen-bond donors (Lipinski definition) is 0. The predicted molar refractivity (Wildman–Crippen MR) is 539 cm³/mol. The van der Waals surface area contributed by atoms with E-state index in [1.54, 1.807) is 0 Å². The van der Waals surface area contributed by atoms with Crippen LogP contribution in [-0.2, 0) is 80.0 Å². The van der Waals surface area contributed by atoms with Gasteiger partial charge >= 0.3 is 0 Å². The number of fused-ring (bicyclic) bond motifs is 9. The van der Waals surface area contributed by atoms with Crippen LogP contribution in [0.4, 0.5) is 0 Å². The summed E-state index contributed by atoms with van der Waals surface area (Å²) < 4.78 is 7.28. The van der Waals surface area contributed by atoms with Crippen LogP contribution in [-0.4, -0.2) is 43.6 Å². The van der Waals surface area contributed by atoms with Gasteiger partial charge in [-0.15, -0.1) is 179 Å². The van der Waals surface area contributed by atoms with Gasteiger partial charge in [0.15, 0.2) is 0 Å². The van der Waals surface area contributed by atoms with Gasteiger partial charge in [0.25, 0.3) is 0 Å². The predicted octanol–water partition coefficient (Wildman–Crippen LogP) is 30.4. The quantitative estimate of drug-likeness (QED) is 0.0950. The number of hydrogen-bond acceptors (Lipinski definition) is 6. The molecule has 12 heteroatoms. The van der Waals surface area contributed by atoms with Gasteiger partial charge in [-0.05, 0) is 196 Å². The first-order valence-electron chi connectivity index (χ1n) is 44.5. The molecule has 9 nitrogen and oxygen atoms in total. The maximum absolute atomic E-state index is 4.61. The van der Waals surface area contributed by atoms with Crippen molar-refractivity contribution in [3.05, 3.63) is 435 Å². The van der Waals surface area contributed by atoms with E-state index in [2.05, 4.69) is 339 Å². The first-order valence-corrected chi connectivity index (χ1v) is 44.5. The average molecular weight is 2250 g/mol. The van der Waals surface area contributed by atoms with Crippen LogP contribution in [0.1, 0.15) is 74.9 Å². The maximum atomic E-state index is 4.61. The summed E-state index contributed by atoms with van der Waals surface area (Å²) in [5.41, 5.74) is 34.3. The summed E-state index contributed by atoms with van der Waals surface area (Å²) in [5, 5.41) is 7.73. The van der Waals surface area contributed by atoms with E-state index in [9.17, 15) is 0 Å². The van der Waals surface area contributed by atoms with Crippen LogP contribution in [0.5, 0.6) is 0 Å². The topological polar surface area (TPSA) is 92.1 Å². The van der Waals surface area contributed by atoms with E-state index < -0.39 is 0 Å². The Bertz CT molecular complexity index is 7060. The number of benzene rings is 12. The minimum atomic E-state index is 0. The second-order valence-electron chi connectivity index (χ2n) is 34.2. The third kappa shape index (κ3) is 23.1. The zero-order chi connectivity index (χ0) is 89.3. The number of para-hydroxylation sites is 3. The van der Waals surface area contributed by atoms with Crippen LogP contribution in [0, 0.1) is 95.7 Å². The van der Waals surface area contributed by atoms with E-state index in [-0.39, 0.29) is 60.3 Å². The molecule has 0 aliphatic rings. The SMILES string of the molecule is Cc1cc(-c2[c-]cccc2)ncc1-c1ccccc1.Cc1cc(-c2[c-]cccc2)ncc1-c1ccccc1.Cc1cc(-c2[c-]cccc2)ncc1-c1ccccc1.Cc1ccnc(-c2[c-]cc3c(c2)c2ccccc2n3CC(C)C)c1.Cc1ccnc(-c2[c-]cc3c4ccccc4n(CC(C)C)c3c2)c1.Cc1ccnc(-c2[c-]ccc3c4ccccc4n(CC(C)C)c23)c1.[Ir].[Ir].[Ir]. The molecule has 0 N–H and O–H groups in total. The number of aryl methyl sites for hydroxylation is 6. The van der Waals surface area contributed by atoms with Crippen molar-refractivity contribution in [3.8, 4) is 101 Å². The molecule has 9 heterocycles. The summed E-state index contributed by atoms with van der Waals surface area (Å²) in [6, 6.07) is 132. The van der Waals surface area contributed by atoms with Gasteiger partial charge in [0.2, 0.25) is 0 Å². The zero-order valence-electron chi connectivity index (χ0n) is 76.5. The van der Waals surface area contributed by atoms with Gasteiger partial charge in [-0.3, -0.25) is 0 Å². The summed E-state index contributed by atoms with van der Waals surface area (Å²) in [5.74, 6) is 1.76. The van der Waals surface area contributed by atoms with Crippen molar-refractivity contribution in [2.45, 2.75) is 103 Å². The van der Waals surface area contributed by atoms with Crippen LogP contribution >= 0.6 is 0 Å². The molecular weight excluding hydrogens is 2140 g/mol. The number of rotatable bonds is 15. The molecule has 21 aromatic rings. The van der Waals surface area contributed by atoms with Crippen LogP contribution in [0.15, 0.2) is 365 Å². The summed E-state index contributed by atoms with van der Waals surface area (Å²) in [6.45, 7) is 29.2. The van der Waals surface area contributed by atoms with Crippen molar-refractivity contribution < 1.29 is 60.3 Å². The first-order chi connectivity index (χ1) is 62.9. The van der Waals surface area contributed by atoms with Crippen molar-refractivity contribution in [1.82, 2.24) is 43.6 Å². The second kappa shape index (κ2) is 45.6. The molecule has 21 rings (SSSR count). The minimum Gasteiger partial charge on any atom is -0.380 e. The van der Waals surface area contributed by atoms with E-state index in [0.717, 1.165) is 87.2 Å². The third-order valence-corrected chi connectivity index (χ3v) is 22.9. The summed E-state index contributed by atoms with van der Waals surface area (Å²) in [7, 11) is 0. The van der Waals surface area contributed by atoms with E-state index in [0.29, 0.717) is 17.8 Å². The van der Waals surface area contributed by atoms with Crippen LogP contribution < -0.4 is 0 Å². The first kappa shape index (κ1) is 96.4. The summed E-state index contributed by atoms with van der Waals surface area (Å²) >= 11 is 0. The smallest absolute Gasteiger partial charge is 0.0391 e. The average Bonchev–Trinajstić information content (AvgIpc) is 1.60. The number of aromatic nitrogens is 9. The fourth-order valence-corrected chi connectivity index (χ4v) is 16.8. The minimum absolute atomic E-state index is 0. The Morgan fingerprint density at radius 2 is 0.591 bits per heavy atom. The molecule has 0 bridgehead atoms. The molecule has 0 saturated carbocycles. The van der Waals surface area contributed by atoms with Crippen molar-refractivity contribution in [2.24, 2.45) is 17.8 Å². The standard InChI is InChI=1S/3C22H21N2.3C18H14N.3Ir/c1-15(2)14-24-21-10-5-4-7-17(21)18-8-6-9-19(22(18)24)20-13-16(3)11-12-23-20;1-15(2)14-24-21-7-5-4-6-18(21)19-13-17(8-9-22(19)24)20-12-16(3)10-11-23-20;1-15(2)14-24-21-7-5-4-6-18(21)19-9-8-17(13-22(19)24)20-12-16(3)10-11-23-20;3*1-14-12-18(16-10-6-3-7-11-16)19-13-17(14)15-8-4-2-5-9-15;;;/h4-8,10-13,15H,14H2,1-3H3;2*4-7,9-13,15H,14H2,1-3H3;3*2-10,12-13H,1H3;;;/q6*-1;;;. The molecule has 9 aromatic heterocycles. The van der Waals surface area contributed by atoms with Gasteiger partial charge in [-0.2, -0.15) is 0 Å². The molecule has 0 amide bonds. The molecule has 0 spiro atoms. The van der Waals surface area contributed by atoms with Crippen molar-refractivity contribution in [2.75, 3.05) is 0 Å². The molecule has 3 radical (unpaired) electrons. The molecule has 12 aromatic carbocycles. The number of nitrogens with zero attached hydrogens (tertiary/aromatic N) is 9. The van der Waals surface area contributed by atoms with E-state index in [1.807, 2.05) is 189 Å². The van der Waals surface area contributed by atoms with Gasteiger partial charge in [0.05, 0.1) is 0 Å². The molecule has 0 atom stereocenters. The zero-order valence-corrected chi connectivity index (χ0v) is 83.7. The van der Waals surface area contributed by atoms with Crippen molar-refractivity contribution in [3.63, 3.8) is 0 Å². The molecule has 663 valence electrons. The molecular formula is C120H105Ir3N9-6. The largest absolute Gasteiger partial charge is 0.380 e. The Balaban J connectivity index is 0.000000134. The van der Waals surface area contributed by atoms with Crippen LogP contribution in [0.2, 0.25) is 0 Å². The van der Waals surface area contributed by atoms with Crippen molar-refractivity contribution in [1.29, 1.82) is 0 Å². The maximum Gasteiger partial charge on any atom is 0.0391 e. The summed E-state index contributed by atoms with van der Waals surface area (Å²) in [4.78, 5) is 27.3. The fraction of sp³-hybridized carbons (Fsp3) is 0.150. The second-order valence-corrected chi connectivity index (χ2v) is 34.2. The monoisotopic (exact) mass is 2250 g/mol. The fourth-order valence-electron chi connectivity index (χ4n) is 16.8. The van der Waals surface area contributed by atoms with E-state index in [1.165, 1.54) is 132 Å². The molecule has 132 heavy (non-hydrogen) atoms. The van der Waals surface area contributed by atoms with Gasteiger partial charge < -0.3 is 43.6 Å². The molecule has 0 aliphatic heterocycles.